The maximum Gasteiger partial charge on any atom is 0.230 e. The summed E-state index contributed by atoms with van der Waals surface area (Å²) < 4.78 is 5.48. The summed E-state index contributed by atoms with van der Waals surface area (Å²) >= 11 is 6.18. The summed E-state index contributed by atoms with van der Waals surface area (Å²) in [5, 5.41) is 4.01. The van der Waals surface area contributed by atoms with Gasteiger partial charge in [0.15, 0.2) is 0 Å². The summed E-state index contributed by atoms with van der Waals surface area (Å²) in [6.45, 7) is 1.65. The number of amides is 1. The van der Waals surface area contributed by atoms with E-state index < -0.39 is 0 Å². The Morgan fingerprint density at radius 3 is 2.67 bits per heavy atom. The number of nitrogens with one attached hydrogen (secondary N) is 1. The van der Waals surface area contributed by atoms with Crippen molar-refractivity contribution in [3.63, 3.8) is 0 Å². The van der Waals surface area contributed by atoms with Gasteiger partial charge in [0.05, 0.1) is 18.2 Å². The summed E-state index contributed by atoms with van der Waals surface area (Å²) in [6, 6.07) is 16.0. The van der Waals surface area contributed by atoms with E-state index in [2.05, 4.69) is 22.3 Å². The number of hydrogen-bond donors (Lipinski definition) is 1. The molecule has 4 rings (SSSR count). The summed E-state index contributed by atoms with van der Waals surface area (Å²) in [4.78, 5) is 15.4. The van der Waals surface area contributed by atoms with Crippen LogP contribution < -0.4 is 15.0 Å². The Morgan fingerprint density at radius 1 is 1.22 bits per heavy atom. The van der Waals surface area contributed by atoms with Crippen molar-refractivity contribution < 1.29 is 9.53 Å². The monoisotopic (exact) mass is 384 g/mol. The second-order valence-electron chi connectivity index (χ2n) is 7.52. The highest BCUT2D eigenvalue weighted by Gasteiger charge is 2.46. The zero-order valence-corrected chi connectivity index (χ0v) is 16.3. The molecule has 1 heterocycles. The Labute approximate surface area is 165 Å². The third kappa shape index (κ3) is 3.39. The number of anilines is 1. The van der Waals surface area contributed by atoms with Crippen LogP contribution in [0.4, 0.5) is 5.69 Å². The second kappa shape index (κ2) is 7.43. The normalized spacial score (nSPS) is 20.8. The lowest BCUT2D eigenvalue weighted by atomic mass is 9.63. The highest BCUT2D eigenvalue weighted by molar-refractivity contribution is 6.30. The van der Waals surface area contributed by atoms with Gasteiger partial charge < -0.3 is 15.0 Å². The fourth-order valence-corrected chi connectivity index (χ4v) is 4.43. The SMILES string of the molecule is COc1ccc(Cl)cc1N1CC[C@H](NC(=O)C2(c3ccccc3)CCC2)C1. The molecule has 0 unspecified atom stereocenters. The van der Waals surface area contributed by atoms with Crippen molar-refractivity contribution in [2.45, 2.75) is 37.1 Å². The summed E-state index contributed by atoms with van der Waals surface area (Å²) in [7, 11) is 1.67. The van der Waals surface area contributed by atoms with E-state index in [0.717, 1.165) is 55.8 Å². The van der Waals surface area contributed by atoms with E-state index in [1.165, 1.54) is 0 Å². The zero-order chi connectivity index (χ0) is 18.9. The van der Waals surface area contributed by atoms with Crippen LogP contribution in [-0.2, 0) is 10.2 Å². The first-order valence-corrected chi connectivity index (χ1v) is 9.95. The average Bonchev–Trinajstić information content (AvgIpc) is 3.10. The van der Waals surface area contributed by atoms with Crippen LogP contribution in [0.5, 0.6) is 5.75 Å². The van der Waals surface area contributed by atoms with Crippen LogP contribution in [0.3, 0.4) is 0 Å². The molecule has 2 aromatic carbocycles. The third-order valence-electron chi connectivity index (χ3n) is 5.97. The molecule has 1 atom stereocenters. The number of hydrogen-bond acceptors (Lipinski definition) is 3. The fourth-order valence-electron chi connectivity index (χ4n) is 4.27. The number of rotatable bonds is 5. The molecule has 2 aromatic rings. The van der Waals surface area contributed by atoms with Gasteiger partial charge >= 0.3 is 0 Å². The molecule has 5 heteroatoms. The van der Waals surface area contributed by atoms with Crippen LogP contribution in [0.25, 0.3) is 0 Å². The van der Waals surface area contributed by atoms with Crippen LogP contribution in [0.15, 0.2) is 48.5 Å². The van der Waals surface area contributed by atoms with E-state index in [1.54, 1.807) is 7.11 Å². The van der Waals surface area contributed by atoms with Gasteiger partial charge in [0, 0.05) is 24.2 Å². The van der Waals surface area contributed by atoms with E-state index in [4.69, 9.17) is 16.3 Å². The minimum atomic E-state index is -0.345. The Kier molecular flexibility index (Phi) is 5.00. The van der Waals surface area contributed by atoms with Crippen molar-refractivity contribution in [1.82, 2.24) is 5.32 Å². The summed E-state index contributed by atoms with van der Waals surface area (Å²) in [5.74, 6) is 0.982. The molecular formula is C22H25ClN2O2. The van der Waals surface area contributed by atoms with Crippen molar-refractivity contribution >= 4 is 23.2 Å². The lowest BCUT2D eigenvalue weighted by Crippen LogP contribution is -2.52. The first-order chi connectivity index (χ1) is 13.1. The summed E-state index contributed by atoms with van der Waals surface area (Å²) in [5.41, 5.74) is 1.78. The van der Waals surface area contributed by atoms with Gasteiger partial charge in [-0.1, -0.05) is 48.4 Å². The van der Waals surface area contributed by atoms with Crippen LogP contribution >= 0.6 is 11.6 Å². The molecule has 1 saturated carbocycles. The highest BCUT2D eigenvalue weighted by atomic mass is 35.5. The Morgan fingerprint density at radius 2 is 2.00 bits per heavy atom. The number of halogens is 1. The molecule has 2 fully saturated rings. The van der Waals surface area contributed by atoms with Crippen molar-refractivity contribution in [2.24, 2.45) is 0 Å². The molecule has 4 nitrogen and oxygen atoms in total. The number of carbonyl (C=O) groups is 1. The largest absolute Gasteiger partial charge is 0.495 e. The van der Waals surface area contributed by atoms with Crippen LogP contribution in [0.1, 0.15) is 31.2 Å². The van der Waals surface area contributed by atoms with E-state index >= 15 is 0 Å². The zero-order valence-electron chi connectivity index (χ0n) is 15.6. The lowest BCUT2D eigenvalue weighted by Gasteiger charge is -2.41. The molecule has 1 aliphatic heterocycles. The molecule has 0 radical (unpaired) electrons. The van der Waals surface area contributed by atoms with Crippen molar-refractivity contribution in [1.29, 1.82) is 0 Å². The second-order valence-corrected chi connectivity index (χ2v) is 7.96. The number of methoxy groups -OCH3 is 1. The van der Waals surface area contributed by atoms with Gasteiger partial charge in [-0.25, -0.2) is 0 Å². The van der Waals surface area contributed by atoms with E-state index in [1.807, 2.05) is 36.4 Å². The van der Waals surface area contributed by atoms with Crippen LogP contribution in [0.2, 0.25) is 5.02 Å². The minimum absolute atomic E-state index is 0.141. The fraction of sp³-hybridized carbons (Fsp3) is 0.409. The summed E-state index contributed by atoms with van der Waals surface area (Å²) in [6.07, 6.45) is 3.90. The van der Waals surface area contributed by atoms with Crippen molar-refractivity contribution in [3.05, 3.63) is 59.1 Å². The maximum atomic E-state index is 13.1. The lowest BCUT2D eigenvalue weighted by molar-refractivity contribution is -0.130. The van der Waals surface area contributed by atoms with E-state index in [0.29, 0.717) is 5.02 Å². The molecule has 1 aliphatic carbocycles. The van der Waals surface area contributed by atoms with E-state index in [9.17, 15) is 4.79 Å². The van der Waals surface area contributed by atoms with Gasteiger partial charge in [-0.2, -0.15) is 0 Å². The smallest absolute Gasteiger partial charge is 0.230 e. The Balaban J connectivity index is 1.46. The quantitative estimate of drug-likeness (QED) is 0.841. The number of ether oxygens (including phenoxy) is 1. The van der Waals surface area contributed by atoms with E-state index in [-0.39, 0.29) is 17.4 Å². The van der Waals surface area contributed by atoms with Gasteiger partial charge in [-0.3, -0.25) is 4.79 Å². The first kappa shape index (κ1) is 18.2. The Hall–Kier alpha value is -2.20. The molecule has 2 aliphatic rings. The van der Waals surface area contributed by atoms with Gasteiger partial charge in [0.25, 0.3) is 0 Å². The number of benzene rings is 2. The Bertz CT molecular complexity index is 820. The molecule has 0 bridgehead atoms. The molecule has 0 aromatic heterocycles. The van der Waals surface area contributed by atoms with Crippen LogP contribution in [0, 0.1) is 0 Å². The third-order valence-corrected chi connectivity index (χ3v) is 6.21. The van der Waals surface area contributed by atoms with Gasteiger partial charge in [0.2, 0.25) is 5.91 Å². The highest BCUT2D eigenvalue weighted by Crippen LogP contribution is 2.44. The minimum Gasteiger partial charge on any atom is -0.495 e. The topological polar surface area (TPSA) is 41.6 Å². The predicted octanol–water partition coefficient (Wildman–Crippen LogP) is 4.17. The van der Waals surface area contributed by atoms with Gasteiger partial charge in [-0.05, 0) is 43.0 Å². The molecular weight excluding hydrogens is 360 g/mol. The molecule has 0 spiro atoms. The number of carbonyl (C=O) groups excluding carboxylic acids is 1. The van der Waals surface area contributed by atoms with Gasteiger partial charge in [-0.15, -0.1) is 0 Å². The first-order valence-electron chi connectivity index (χ1n) is 9.57. The van der Waals surface area contributed by atoms with Crippen molar-refractivity contribution in [3.8, 4) is 5.75 Å². The average molecular weight is 385 g/mol. The molecule has 1 saturated heterocycles. The number of nitrogens with zero attached hydrogens (tertiary/aromatic N) is 1. The standard InChI is InChI=1S/C22H25ClN2O2/c1-27-20-9-8-17(23)14-19(20)25-13-10-18(15-25)24-21(26)22(11-5-12-22)16-6-3-2-4-7-16/h2-4,6-9,14,18H,5,10-13,15H2,1H3,(H,24,26)/t18-/m0/s1. The molecule has 27 heavy (non-hydrogen) atoms. The molecule has 1 N–H and O–H groups in total. The molecule has 1 amide bonds. The van der Waals surface area contributed by atoms with Crippen LogP contribution in [-0.4, -0.2) is 32.1 Å². The van der Waals surface area contributed by atoms with Gasteiger partial charge in [0.1, 0.15) is 5.75 Å². The van der Waals surface area contributed by atoms with Crippen molar-refractivity contribution in [2.75, 3.05) is 25.1 Å². The predicted molar refractivity (Wildman–Crippen MR) is 109 cm³/mol. The maximum absolute atomic E-state index is 13.1. The molecule has 142 valence electrons.